The van der Waals surface area contributed by atoms with Crippen LogP contribution >= 0.6 is 0 Å². The van der Waals surface area contributed by atoms with E-state index in [0.29, 0.717) is 42.2 Å². The lowest BCUT2D eigenvalue weighted by Gasteiger charge is -2.42. The maximum Gasteiger partial charge on any atom is 0.416 e. The summed E-state index contributed by atoms with van der Waals surface area (Å²) >= 11 is 0. The molecular weight excluding hydrogens is 588 g/mol. The number of fused-ring (bicyclic) bond motifs is 4. The van der Waals surface area contributed by atoms with Crippen molar-refractivity contribution in [1.29, 1.82) is 0 Å². The van der Waals surface area contributed by atoms with Crippen LogP contribution < -0.4 is 19.0 Å². The first-order chi connectivity index (χ1) is 21.5. The van der Waals surface area contributed by atoms with Gasteiger partial charge in [0.2, 0.25) is 0 Å². The van der Waals surface area contributed by atoms with Crippen LogP contribution in [0.4, 0.5) is 16.2 Å². The maximum atomic E-state index is 14.6. The van der Waals surface area contributed by atoms with Gasteiger partial charge in [-0.25, -0.2) is 9.69 Å². The van der Waals surface area contributed by atoms with Crippen LogP contribution in [0.25, 0.3) is 0 Å². The fourth-order valence-electron chi connectivity index (χ4n) is 7.57. The Morgan fingerprint density at radius 1 is 1.04 bits per heavy atom. The molecule has 45 heavy (non-hydrogen) atoms. The van der Waals surface area contributed by atoms with Gasteiger partial charge in [0.05, 0.1) is 24.4 Å². The third-order valence-electron chi connectivity index (χ3n) is 9.53. The Hall–Kier alpha value is -3.34. The number of benzene rings is 2. The largest absolute Gasteiger partial charge is 0.540 e. The van der Waals surface area contributed by atoms with E-state index in [1.54, 1.807) is 24.1 Å². The number of ether oxygens (including phenoxy) is 4. The average molecular weight is 637 g/mol. The molecule has 1 fully saturated rings. The van der Waals surface area contributed by atoms with Crippen molar-refractivity contribution in [3.05, 3.63) is 60.2 Å². The van der Waals surface area contributed by atoms with Crippen LogP contribution in [-0.2, 0) is 20.6 Å². The molecule has 0 aliphatic carbocycles. The summed E-state index contributed by atoms with van der Waals surface area (Å²) in [5, 5.41) is 0. The minimum Gasteiger partial charge on any atom is -0.540 e. The van der Waals surface area contributed by atoms with Gasteiger partial charge in [-0.15, -0.1) is 0 Å². The first-order valence-corrected chi connectivity index (χ1v) is 18.4. The molecule has 0 aromatic heterocycles. The van der Waals surface area contributed by atoms with E-state index in [9.17, 15) is 9.59 Å². The Labute approximate surface area is 268 Å². The monoisotopic (exact) mass is 636 g/mol. The highest BCUT2D eigenvalue weighted by atomic mass is 28.4. The Kier molecular flexibility index (Phi) is 9.96. The van der Waals surface area contributed by atoms with E-state index in [-0.39, 0.29) is 29.1 Å². The second kappa shape index (κ2) is 13.6. The van der Waals surface area contributed by atoms with Crippen LogP contribution in [0.1, 0.15) is 76.7 Å². The normalized spacial score (nSPS) is 21.4. The molecule has 5 rings (SSSR count). The van der Waals surface area contributed by atoms with Gasteiger partial charge >= 0.3 is 6.09 Å². The van der Waals surface area contributed by atoms with E-state index in [1.165, 1.54) is 11.0 Å². The van der Waals surface area contributed by atoms with E-state index in [1.807, 2.05) is 24.3 Å². The van der Waals surface area contributed by atoms with Gasteiger partial charge in [0, 0.05) is 18.4 Å². The number of rotatable bonds is 10. The molecule has 3 aliphatic rings. The van der Waals surface area contributed by atoms with Gasteiger partial charge in [-0.3, -0.25) is 4.79 Å². The van der Waals surface area contributed by atoms with Crippen molar-refractivity contribution in [2.75, 3.05) is 30.1 Å². The van der Waals surface area contributed by atoms with E-state index in [2.05, 4.69) is 48.1 Å². The lowest BCUT2D eigenvalue weighted by atomic mass is 10.1. The molecule has 2 aromatic rings. The highest BCUT2D eigenvalue weighted by molar-refractivity contribution is 6.78. The molecule has 2 aromatic carbocycles. The molecule has 10 heteroatoms. The number of carbonyl (C=O) groups is 2. The third-order valence-corrected chi connectivity index (χ3v) is 15.5. The third kappa shape index (κ3) is 6.00. The minimum absolute atomic E-state index is 0.00343. The van der Waals surface area contributed by atoms with E-state index in [4.69, 9.17) is 23.4 Å². The zero-order valence-electron chi connectivity index (χ0n) is 27.7. The summed E-state index contributed by atoms with van der Waals surface area (Å²) < 4.78 is 31.4. The van der Waals surface area contributed by atoms with Crippen molar-refractivity contribution in [3.8, 4) is 11.5 Å². The predicted molar refractivity (Wildman–Crippen MR) is 178 cm³/mol. The van der Waals surface area contributed by atoms with Gasteiger partial charge in [0.15, 0.2) is 18.3 Å². The number of amides is 2. The molecule has 0 radical (unpaired) electrons. The second-order valence-electron chi connectivity index (χ2n) is 13.1. The smallest absolute Gasteiger partial charge is 0.416 e. The highest BCUT2D eigenvalue weighted by Gasteiger charge is 2.51. The second-order valence-corrected chi connectivity index (χ2v) is 18.4. The number of hydrogen-bond acceptors (Lipinski definition) is 7. The molecule has 2 amide bonds. The van der Waals surface area contributed by atoms with Crippen molar-refractivity contribution in [2.24, 2.45) is 0 Å². The van der Waals surface area contributed by atoms with Gasteiger partial charge in [0.1, 0.15) is 12.4 Å². The summed E-state index contributed by atoms with van der Waals surface area (Å²) in [6, 6.07) is 10.8. The number of carbonyl (C=O) groups excluding carboxylic acids is 2. The van der Waals surface area contributed by atoms with Gasteiger partial charge in [-0.2, -0.15) is 0 Å². The van der Waals surface area contributed by atoms with Crippen molar-refractivity contribution >= 4 is 31.7 Å². The van der Waals surface area contributed by atoms with Crippen LogP contribution in [0.2, 0.25) is 16.6 Å². The minimum atomic E-state index is -2.46. The number of methoxy groups -OCH3 is 1. The van der Waals surface area contributed by atoms with E-state index >= 15 is 0 Å². The fraction of sp³-hybridized carbons (Fsp3) is 0.543. The number of hydrogen-bond donors (Lipinski definition) is 0. The van der Waals surface area contributed by atoms with Crippen LogP contribution in [0.15, 0.2) is 49.1 Å². The summed E-state index contributed by atoms with van der Waals surface area (Å²) in [6.45, 7) is 17.6. The molecule has 9 nitrogen and oxygen atoms in total. The molecular formula is C35H48N2O7Si. The Morgan fingerprint density at radius 3 is 2.38 bits per heavy atom. The van der Waals surface area contributed by atoms with E-state index in [0.717, 1.165) is 24.1 Å². The zero-order chi connectivity index (χ0) is 32.5. The topological polar surface area (TPSA) is 86.8 Å². The summed E-state index contributed by atoms with van der Waals surface area (Å²) in [6.07, 6.45) is 2.55. The Bertz CT molecular complexity index is 1380. The molecule has 2 unspecified atom stereocenters. The van der Waals surface area contributed by atoms with Crippen LogP contribution in [0.5, 0.6) is 11.5 Å². The van der Waals surface area contributed by atoms with Gasteiger partial charge in [-0.1, -0.05) is 72.4 Å². The molecule has 0 saturated carbocycles. The first-order valence-electron chi connectivity index (χ1n) is 16.2. The highest BCUT2D eigenvalue weighted by Crippen LogP contribution is 2.49. The molecule has 0 spiro atoms. The lowest BCUT2D eigenvalue weighted by Crippen LogP contribution is -2.55. The standard InChI is InChI=1S/C35H48N2O7Si/c1-9-17-42-35(39)37-28-21-31(44-45(22(2)3,23(4)5)24(6)7)30(40-8)20-26(28)33(38)36-27-15-11-10-14-25(27)19-29(36)34(37)43-32-16-12-13-18-41-32/h9-11,14-15,20-24,29,32,34H,1,12-13,16-19H2,2-8H3/t29-,32?,34?/m0/s1. The first kappa shape index (κ1) is 33.0. The zero-order valence-corrected chi connectivity index (χ0v) is 28.7. The van der Waals surface area contributed by atoms with Crippen molar-refractivity contribution < 1.29 is 33.0 Å². The summed E-state index contributed by atoms with van der Waals surface area (Å²) in [5.41, 5.74) is 3.33. The van der Waals surface area contributed by atoms with Crippen molar-refractivity contribution in [2.45, 2.75) is 102 Å². The SMILES string of the molecule is C=CCOC(=O)N1c2cc(O[Si](C(C)C)(C(C)C)C(C)C)c(OC)cc2C(=O)N2c3ccccc3C[C@H]2C1OC1CCCCO1. The molecule has 244 valence electrons. The molecule has 1 saturated heterocycles. The predicted octanol–water partition coefficient (Wildman–Crippen LogP) is 7.83. The molecule has 3 atom stereocenters. The van der Waals surface area contributed by atoms with Crippen LogP contribution in [0.3, 0.4) is 0 Å². The summed E-state index contributed by atoms with van der Waals surface area (Å²) in [4.78, 5) is 32.0. The summed E-state index contributed by atoms with van der Waals surface area (Å²) in [5.74, 6) is 0.699. The maximum absolute atomic E-state index is 14.6. The average Bonchev–Trinajstić information content (AvgIpc) is 3.37. The molecule has 0 N–H and O–H groups in total. The molecule has 3 aliphatic heterocycles. The number of nitrogens with zero attached hydrogens (tertiary/aromatic N) is 2. The number of anilines is 2. The fourth-order valence-corrected chi connectivity index (χ4v) is 12.8. The Balaban J connectivity index is 1.73. The van der Waals surface area contributed by atoms with Crippen molar-refractivity contribution in [3.63, 3.8) is 0 Å². The van der Waals surface area contributed by atoms with Crippen LogP contribution in [0, 0.1) is 0 Å². The van der Waals surface area contributed by atoms with Crippen LogP contribution in [-0.4, -0.2) is 59.2 Å². The van der Waals surface area contributed by atoms with Gasteiger partial charge < -0.3 is 28.3 Å². The van der Waals surface area contributed by atoms with E-state index < -0.39 is 33.0 Å². The lowest BCUT2D eigenvalue weighted by molar-refractivity contribution is -0.190. The van der Waals surface area contributed by atoms with Gasteiger partial charge in [0.25, 0.3) is 14.2 Å². The molecule has 0 bridgehead atoms. The number of para-hydroxylation sites is 1. The molecule has 3 heterocycles. The van der Waals surface area contributed by atoms with Gasteiger partial charge in [-0.05, 0) is 60.0 Å². The quantitative estimate of drug-likeness (QED) is 0.194. The summed E-state index contributed by atoms with van der Waals surface area (Å²) in [7, 11) is -0.879. The Morgan fingerprint density at radius 2 is 1.76 bits per heavy atom. The van der Waals surface area contributed by atoms with Crippen molar-refractivity contribution in [1.82, 2.24) is 0 Å².